The molecule has 1 unspecified atom stereocenters. The number of rotatable bonds is 3. The maximum absolute atomic E-state index is 11.8. The number of aromatic amines is 1. The first-order valence-electron chi connectivity index (χ1n) is 6.42. The van der Waals surface area contributed by atoms with Crippen LogP contribution in [0.2, 0.25) is 0 Å². The molecule has 1 aromatic carbocycles. The molecular formula is C15H11BrClN3O2. The summed E-state index contributed by atoms with van der Waals surface area (Å²) >= 11 is 9.84. The second-order valence-electron chi connectivity index (χ2n) is 4.61. The largest absolute Gasteiger partial charge is 0.497 e. The van der Waals surface area contributed by atoms with Crippen molar-refractivity contribution in [2.24, 2.45) is 0 Å². The van der Waals surface area contributed by atoms with E-state index in [-0.39, 0.29) is 0 Å². The van der Waals surface area contributed by atoms with Gasteiger partial charge >= 0.3 is 5.69 Å². The second-order valence-corrected chi connectivity index (χ2v) is 5.96. The van der Waals surface area contributed by atoms with E-state index in [0.717, 1.165) is 15.8 Å². The van der Waals surface area contributed by atoms with E-state index in [1.165, 1.54) is 0 Å². The van der Waals surface area contributed by atoms with E-state index in [0.29, 0.717) is 16.7 Å². The molecule has 3 rings (SSSR count). The Morgan fingerprint density at radius 2 is 2.05 bits per heavy atom. The number of hydrogen-bond donors (Lipinski definition) is 1. The maximum atomic E-state index is 11.8. The molecule has 22 heavy (non-hydrogen) atoms. The standard InChI is InChI=1S/C15H11BrClN3O2/c1-22-10-4-2-8(3-5-10)12(17)14-13-11(19-15(21)20-14)6-9(16)7-18-13/h2-7,12H,1H3,(H,19,20,21). The third kappa shape index (κ3) is 2.84. The third-order valence-electron chi connectivity index (χ3n) is 3.21. The predicted octanol–water partition coefficient (Wildman–Crippen LogP) is 3.42. The van der Waals surface area contributed by atoms with E-state index in [2.05, 4.69) is 30.9 Å². The van der Waals surface area contributed by atoms with Crippen LogP contribution in [0.1, 0.15) is 16.6 Å². The Morgan fingerprint density at radius 3 is 2.73 bits per heavy atom. The van der Waals surface area contributed by atoms with Crippen molar-refractivity contribution < 1.29 is 4.74 Å². The highest BCUT2D eigenvalue weighted by molar-refractivity contribution is 9.10. The van der Waals surface area contributed by atoms with Gasteiger partial charge in [-0.3, -0.25) is 4.98 Å². The number of nitrogens with zero attached hydrogens (tertiary/aromatic N) is 2. The van der Waals surface area contributed by atoms with Gasteiger partial charge in [0.1, 0.15) is 16.6 Å². The molecule has 0 bridgehead atoms. The fourth-order valence-corrected chi connectivity index (χ4v) is 2.78. The molecule has 7 heteroatoms. The SMILES string of the molecule is COc1ccc(C(Cl)c2nc(=O)[nH]c3cc(Br)cnc23)cc1. The minimum Gasteiger partial charge on any atom is -0.497 e. The number of methoxy groups -OCH3 is 1. The number of fused-ring (bicyclic) bond motifs is 1. The van der Waals surface area contributed by atoms with Crippen molar-refractivity contribution >= 4 is 38.6 Å². The van der Waals surface area contributed by atoms with Gasteiger partial charge in [-0.25, -0.2) is 4.79 Å². The normalized spacial score (nSPS) is 12.3. The van der Waals surface area contributed by atoms with Crippen LogP contribution in [-0.2, 0) is 0 Å². The van der Waals surface area contributed by atoms with E-state index in [1.807, 2.05) is 24.3 Å². The zero-order valence-corrected chi connectivity index (χ0v) is 13.9. The number of halogens is 2. The van der Waals surface area contributed by atoms with Gasteiger partial charge in [0.15, 0.2) is 0 Å². The number of ether oxygens (including phenoxy) is 1. The van der Waals surface area contributed by atoms with Gasteiger partial charge in [-0.15, -0.1) is 11.6 Å². The van der Waals surface area contributed by atoms with Crippen LogP contribution in [-0.4, -0.2) is 22.1 Å². The van der Waals surface area contributed by atoms with Crippen molar-refractivity contribution in [3.63, 3.8) is 0 Å². The van der Waals surface area contributed by atoms with Gasteiger partial charge in [0.25, 0.3) is 0 Å². The Labute approximate surface area is 139 Å². The summed E-state index contributed by atoms with van der Waals surface area (Å²) < 4.78 is 5.89. The zero-order valence-electron chi connectivity index (χ0n) is 11.5. The van der Waals surface area contributed by atoms with Crippen LogP contribution in [0, 0.1) is 0 Å². The molecule has 1 N–H and O–H groups in total. The molecule has 5 nitrogen and oxygen atoms in total. The minimum absolute atomic E-state index is 0.429. The van der Waals surface area contributed by atoms with Crippen molar-refractivity contribution in [1.29, 1.82) is 0 Å². The van der Waals surface area contributed by atoms with Crippen LogP contribution < -0.4 is 10.4 Å². The molecule has 0 aliphatic heterocycles. The molecule has 3 aromatic rings. The van der Waals surface area contributed by atoms with Gasteiger partial charge < -0.3 is 9.72 Å². The zero-order chi connectivity index (χ0) is 15.7. The van der Waals surface area contributed by atoms with Gasteiger partial charge in [0, 0.05) is 10.7 Å². The molecule has 0 aliphatic carbocycles. The molecule has 0 spiro atoms. The molecule has 2 aromatic heterocycles. The number of aromatic nitrogens is 3. The Kier molecular flexibility index (Phi) is 4.13. The molecule has 112 valence electrons. The van der Waals surface area contributed by atoms with Crippen molar-refractivity contribution in [2.75, 3.05) is 7.11 Å². The summed E-state index contributed by atoms with van der Waals surface area (Å²) in [6.07, 6.45) is 1.64. The van der Waals surface area contributed by atoms with Gasteiger partial charge in [-0.1, -0.05) is 12.1 Å². The van der Waals surface area contributed by atoms with Crippen molar-refractivity contribution in [1.82, 2.24) is 15.0 Å². The van der Waals surface area contributed by atoms with E-state index in [4.69, 9.17) is 16.3 Å². The van der Waals surface area contributed by atoms with Gasteiger partial charge in [0.05, 0.1) is 18.3 Å². The molecule has 0 fully saturated rings. The maximum Gasteiger partial charge on any atom is 0.345 e. The monoisotopic (exact) mass is 379 g/mol. The van der Waals surface area contributed by atoms with Crippen molar-refractivity contribution in [3.05, 3.63) is 62.7 Å². The lowest BCUT2D eigenvalue weighted by molar-refractivity contribution is 0.414. The first-order valence-corrected chi connectivity index (χ1v) is 7.65. The molecule has 0 amide bonds. The summed E-state index contributed by atoms with van der Waals surface area (Å²) in [5, 5.41) is -0.579. The van der Waals surface area contributed by atoms with Crippen LogP contribution in [0.3, 0.4) is 0 Å². The van der Waals surface area contributed by atoms with Crippen LogP contribution in [0.4, 0.5) is 0 Å². The van der Waals surface area contributed by atoms with Crippen LogP contribution in [0.5, 0.6) is 5.75 Å². The summed E-state index contributed by atoms with van der Waals surface area (Å²) in [6.45, 7) is 0. The summed E-state index contributed by atoms with van der Waals surface area (Å²) in [5.41, 5.74) is 1.94. The summed E-state index contributed by atoms with van der Waals surface area (Å²) in [6, 6.07) is 9.06. The Morgan fingerprint density at radius 1 is 1.32 bits per heavy atom. The van der Waals surface area contributed by atoms with E-state index >= 15 is 0 Å². The lowest BCUT2D eigenvalue weighted by Gasteiger charge is -2.11. The number of alkyl halides is 1. The molecule has 2 heterocycles. The molecular weight excluding hydrogens is 370 g/mol. The lowest BCUT2D eigenvalue weighted by Crippen LogP contribution is -2.15. The highest BCUT2D eigenvalue weighted by Crippen LogP contribution is 2.31. The van der Waals surface area contributed by atoms with E-state index < -0.39 is 11.1 Å². The lowest BCUT2D eigenvalue weighted by atomic mass is 10.1. The van der Waals surface area contributed by atoms with Crippen molar-refractivity contribution in [2.45, 2.75) is 5.38 Å². The van der Waals surface area contributed by atoms with Crippen LogP contribution in [0.25, 0.3) is 11.0 Å². The number of H-pyrrole nitrogens is 1. The van der Waals surface area contributed by atoms with E-state index in [1.54, 1.807) is 19.4 Å². The second kappa shape index (κ2) is 6.06. The van der Waals surface area contributed by atoms with Crippen LogP contribution >= 0.6 is 27.5 Å². The van der Waals surface area contributed by atoms with E-state index in [9.17, 15) is 4.79 Å². The molecule has 0 aliphatic rings. The fraction of sp³-hybridized carbons (Fsp3) is 0.133. The average Bonchev–Trinajstić information content (AvgIpc) is 2.53. The number of hydrogen-bond acceptors (Lipinski definition) is 4. The number of nitrogens with one attached hydrogen (secondary N) is 1. The smallest absolute Gasteiger partial charge is 0.345 e. The molecule has 0 saturated heterocycles. The van der Waals surface area contributed by atoms with Gasteiger partial charge in [0.2, 0.25) is 0 Å². The predicted molar refractivity (Wildman–Crippen MR) is 88.5 cm³/mol. The summed E-state index contributed by atoms with van der Waals surface area (Å²) in [5.74, 6) is 0.735. The Hall–Kier alpha value is -1.92. The molecule has 1 atom stereocenters. The highest BCUT2D eigenvalue weighted by atomic mass is 79.9. The topological polar surface area (TPSA) is 67.9 Å². The molecule has 0 radical (unpaired) electrons. The molecule has 0 saturated carbocycles. The first kappa shape index (κ1) is 15.0. The Bertz CT molecular complexity index is 880. The number of pyridine rings is 1. The highest BCUT2D eigenvalue weighted by Gasteiger charge is 2.18. The number of benzene rings is 1. The minimum atomic E-state index is -0.579. The third-order valence-corrected chi connectivity index (χ3v) is 4.10. The van der Waals surface area contributed by atoms with Gasteiger partial charge in [-0.2, -0.15) is 4.98 Å². The fourth-order valence-electron chi connectivity index (χ4n) is 2.15. The Balaban J connectivity index is 2.13. The summed E-state index contributed by atoms with van der Waals surface area (Å²) in [4.78, 5) is 22.7. The van der Waals surface area contributed by atoms with Gasteiger partial charge in [-0.05, 0) is 39.7 Å². The van der Waals surface area contributed by atoms with Crippen LogP contribution in [0.15, 0.2) is 45.8 Å². The quantitative estimate of drug-likeness (QED) is 0.707. The van der Waals surface area contributed by atoms with Crippen molar-refractivity contribution in [3.8, 4) is 5.75 Å². The summed E-state index contributed by atoms with van der Waals surface area (Å²) in [7, 11) is 1.60. The first-order chi connectivity index (χ1) is 10.6. The average molecular weight is 381 g/mol.